The maximum atomic E-state index is 13.5. The molecule has 5 rings (SSSR count). The lowest BCUT2D eigenvalue weighted by Crippen LogP contribution is -2.57. The maximum absolute atomic E-state index is 13.5. The molecule has 0 saturated heterocycles. The largest absolute Gasteiger partial charge is 0.461 e. The van der Waals surface area contributed by atoms with Crippen molar-refractivity contribution in [3.63, 3.8) is 0 Å². The quantitative estimate of drug-likeness (QED) is 0.579. The Morgan fingerprint density at radius 2 is 1.97 bits per heavy atom. The average molecular weight is 487 g/mol. The fourth-order valence-corrected chi connectivity index (χ4v) is 9.14. The van der Waals surface area contributed by atoms with Crippen LogP contribution in [-0.2, 0) is 20.8 Å². The van der Waals surface area contributed by atoms with Crippen molar-refractivity contribution in [3.8, 4) is 0 Å². The third-order valence-electron chi connectivity index (χ3n) is 10.6. The first-order valence-corrected chi connectivity index (χ1v) is 13.7. The number of fused-ring (bicyclic) bond motifs is 5. The molecule has 0 amide bonds. The number of aromatic nitrogens is 2. The van der Waals surface area contributed by atoms with Crippen molar-refractivity contribution in [2.45, 2.75) is 84.3 Å². The second-order valence-corrected chi connectivity index (χ2v) is 12.0. The van der Waals surface area contributed by atoms with Crippen LogP contribution in [-0.4, -0.2) is 53.1 Å². The summed E-state index contributed by atoms with van der Waals surface area (Å²) in [5.41, 5.74) is 0.484. The van der Waals surface area contributed by atoms with Gasteiger partial charge in [0.15, 0.2) is 11.5 Å². The second kappa shape index (κ2) is 9.62. The predicted octanol–water partition coefficient (Wildman–Crippen LogP) is 4.28. The van der Waals surface area contributed by atoms with Crippen LogP contribution in [0.15, 0.2) is 12.3 Å². The van der Waals surface area contributed by atoms with Crippen molar-refractivity contribution in [1.29, 1.82) is 0 Å². The minimum atomic E-state index is -0.444. The molecule has 7 nitrogen and oxygen atoms in total. The molecule has 1 aromatic heterocycles. The van der Waals surface area contributed by atoms with Gasteiger partial charge in [-0.3, -0.25) is 9.48 Å². The molecule has 1 aromatic rings. The predicted molar refractivity (Wildman–Crippen MR) is 131 cm³/mol. The monoisotopic (exact) mass is 486 g/mol. The smallest absolute Gasteiger partial charge is 0.358 e. The van der Waals surface area contributed by atoms with Crippen LogP contribution in [0.25, 0.3) is 0 Å². The van der Waals surface area contributed by atoms with Crippen LogP contribution < -0.4 is 0 Å². The van der Waals surface area contributed by atoms with Gasteiger partial charge in [0.25, 0.3) is 0 Å². The van der Waals surface area contributed by atoms with Crippen LogP contribution in [0.2, 0.25) is 0 Å². The number of ketones is 1. The van der Waals surface area contributed by atoms with E-state index in [1.807, 2.05) is 7.11 Å². The van der Waals surface area contributed by atoms with E-state index in [0.717, 1.165) is 51.6 Å². The van der Waals surface area contributed by atoms with Gasteiger partial charge in [-0.05, 0) is 105 Å². The average Bonchev–Trinajstić information content (AvgIpc) is 3.44. The van der Waals surface area contributed by atoms with E-state index in [1.165, 1.54) is 12.8 Å². The summed E-state index contributed by atoms with van der Waals surface area (Å²) in [5.74, 6) is 2.27. The Labute approximate surface area is 208 Å². The molecular weight excluding hydrogens is 444 g/mol. The van der Waals surface area contributed by atoms with Gasteiger partial charge in [0, 0.05) is 19.2 Å². The van der Waals surface area contributed by atoms with Crippen LogP contribution in [0.5, 0.6) is 0 Å². The van der Waals surface area contributed by atoms with Crippen molar-refractivity contribution in [3.05, 3.63) is 18.0 Å². The fraction of sp³-hybridized carbons (Fsp3) is 0.821. The zero-order valence-electron chi connectivity index (χ0n) is 21.6. The Balaban J connectivity index is 1.31. The summed E-state index contributed by atoms with van der Waals surface area (Å²) in [6.45, 7) is 5.47. The van der Waals surface area contributed by atoms with E-state index in [0.29, 0.717) is 30.3 Å². The van der Waals surface area contributed by atoms with E-state index in [1.54, 1.807) is 23.9 Å². The molecule has 0 spiro atoms. The molecule has 0 bridgehead atoms. The molecule has 4 aliphatic carbocycles. The summed E-state index contributed by atoms with van der Waals surface area (Å²) in [7, 11) is 1.83. The second-order valence-electron chi connectivity index (χ2n) is 12.0. The number of hydrogen-bond donors (Lipinski definition) is 1. The Morgan fingerprint density at radius 1 is 1.14 bits per heavy atom. The van der Waals surface area contributed by atoms with Crippen LogP contribution in [0, 0.1) is 40.4 Å². The SMILES string of the molecule is CCOC(=O)c1ccn(CC(=O)C2CCC3C4CCC5CC(O)CCC5(COC)C4CCC23C)n1. The number of rotatable bonds is 7. The summed E-state index contributed by atoms with van der Waals surface area (Å²) in [4.78, 5) is 25.5. The highest BCUT2D eigenvalue weighted by Crippen LogP contribution is 2.67. The molecule has 0 aromatic carbocycles. The normalized spacial score (nSPS) is 40.5. The molecule has 194 valence electrons. The first-order valence-electron chi connectivity index (χ1n) is 13.7. The third-order valence-corrected chi connectivity index (χ3v) is 10.6. The Morgan fingerprint density at radius 3 is 2.74 bits per heavy atom. The van der Waals surface area contributed by atoms with Crippen LogP contribution in [0.3, 0.4) is 0 Å². The van der Waals surface area contributed by atoms with Gasteiger partial charge in [-0.25, -0.2) is 4.79 Å². The summed E-state index contributed by atoms with van der Waals surface area (Å²) >= 11 is 0. The number of aliphatic hydroxyl groups is 1. The first kappa shape index (κ1) is 24.9. The number of carbonyl (C=O) groups is 2. The van der Waals surface area contributed by atoms with Gasteiger partial charge < -0.3 is 14.6 Å². The molecule has 4 aliphatic rings. The van der Waals surface area contributed by atoms with E-state index in [9.17, 15) is 14.7 Å². The lowest BCUT2D eigenvalue weighted by molar-refractivity contribution is -0.161. The molecular formula is C28H42N2O5. The van der Waals surface area contributed by atoms with Crippen molar-refractivity contribution in [2.24, 2.45) is 40.4 Å². The van der Waals surface area contributed by atoms with E-state index >= 15 is 0 Å². The first-order chi connectivity index (χ1) is 16.8. The molecule has 0 aliphatic heterocycles. The van der Waals surface area contributed by atoms with Gasteiger partial charge in [0.05, 0.1) is 25.9 Å². The zero-order chi connectivity index (χ0) is 24.8. The van der Waals surface area contributed by atoms with E-state index in [2.05, 4.69) is 12.0 Å². The summed E-state index contributed by atoms with van der Waals surface area (Å²) < 4.78 is 12.5. The number of carbonyl (C=O) groups excluding carboxylic acids is 2. The van der Waals surface area contributed by atoms with E-state index in [-0.39, 0.29) is 40.9 Å². The van der Waals surface area contributed by atoms with Gasteiger partial charge >= 0.3 is 5.97 Å². The van der Waals surface area contributed by atoms with Crippen LogP contribution >= 0.6 is 0 Å². The number of ether oxygens (including phenoxy) is 2. The number of Topliss-reactive ketones (excluding diaryl/α,β-unsaturated/α-hetero) is 1. The van der Waals surface area contributed by atoms with Crippen molar-refractivity contribution < 1.29 is 24.2 Å². The topological polar surface area (TPSA) is 90.7 Å². The highest BCUT2D eigenvalue weighted by Gasteiger charge is 2.62. The molecule has 8 atom stereocenters. The van der Waals surface area contributed by atoms with Crippen LogP contribution in [0.1, 0.15) is 82.1 Å². The van der Waals surface area contributed by atoms with Gasteiger partial charge in [-0.1, -0.05) is 6.92 Å². The van der Waals surface area contributed by atoms with E-state index in [4.69, 9.17) is 9.47 Å². The molecule has 4 fully saturated rings. The molecule has 35 heavy (non-hydrogen) atoms. The Hall–Kier alpha value is -1.73. The highest BCUT2D eigenvalue weighted by molar-refractivity contribution is 5.87. The molecule has 4 saturated carbocycles. The third kappa shape index (κ3) is 4.16. The number of hydrogen-bond acceptors (Lipinski definition) is 6. The van der Waals surface area contributed by atoms with Crippen LogP contribution in [0.4, 0.5) is 0 Å². The molecule has 0 radical (unpaired) electrons. The molecule has 1 heterocycles. The summed E-state index contributed by atoms with van der Waals surface area (Å²) in [5, 5.41) is 14.7. The lowest BCUT2D eigenvalue weighted by atomic mass is 9.44. The minimum Gasteiger partial charge on any atom is -0.461 e. The standard InChI is InChI=1S/C28H42N2O5/c1-4-35-26(33)24-11-14-30(29-24)16-25(32)23-8-7-21-20-6-5-18-15-19(31)9-13-28(18,17-34-3)22(20)10-12-27(21,23)2/h11,14,18-23,31H,4-10,12-13,15-17H2,1-3H3. The lowest BCUT2D eigenvalue weighted by Gasteiger charge is -2.61. The zero-order valence-corrected chi connectivity index (χ0v) is 21.6. The maximum Gasteiger partial charge on any atom is 0.358 e. The van der Waals surface area contributed by atoms with Gasteiger partial charge in [-0.15, -0.1) is 0 Å². The fourth-order valence-electron chi connectivity index (χ4n) is 9.14. The van der Waals surface area contributed by atoms with Gasteiger partial charge in [0.2, 0.25) is 0 Å². The Bertz CT molecular complexity index is 946. The van der Waals surface area contributed by atoms with E-state index < -0.39 is 5.97 Å². The number of esters is 1. The summed E-state index contributed by atoms with van der Waals surface area (Å²) in [6, 6.07) is 1.63. The van der Waals surface area contributed by atoms with Crippen molar-refractivity contribution >= 4 is 11.8 Å². The minimum absolute atomic E-state index is 0.0324. The molecule has 8 unspecified atom stereocenters. The van der Waals surface area contributed by atoms with Gasteiger partial charge in [-0.2, -0.15) is 5.10 Å². The molecule has 7 heteroatoms. The number of nitrogens with zero attached hydrogens (tertiary/aromatic N) is 2. The summed E-state index contributed by atoms with van der Waals surface area (Å²) in [6.07, 6.45) is 11.2. The van der Waals surface area contributed by atoms with Crippen molar-refractivity contribution in [1.82, 2.24) is 9.78 Å². The van der Waals surface area contributed by atoms with Gasteiger partial charge in [0.1, 0.15) is 0 Å². The number of methoxy groups -OCH3 is 1. The highest BCUT2D eigenvalue weighted by atomic mass is 16.5. The Kier molecular flexibility index (Phi) is 6.86. The van der Waals surface area contributed by atoms with Crippen molar-refractivity contribution in [2.75, 3.05) is 20.3 Å². The molecule has 1 N–H and O–H groups in total. The number of aliphatic hydroxyl groups excluding tert-OH is 1.